The van der Waals surface area contributed by atoms with Gasteiger partial charge in [0.2, 0.25) is 0 Å². The minimum absolute atomic E-state index is 0.595. The van der Waals surface area contributed by atoms with Crippen LogP contribution in [0.1, 0.15) is 38.7 Å². The summed E-state index contributed by atoms with van der Waals surface area (Å²) in [5, 5.41) is 9.05. The summed E-state index contributed by atoms with van der Waals surface area (Å²) < 4.78 is 0. The molecule has 0 aromatic heterocycles. The van der Waals surface area contributed by atoms with Crippen LogP contribution in [-0.4, -0.2) is 36.1 Å². The first kappa shape index (κ1) is 16.7. The maximum absolute atomic E-state index is 11.0. The van der Waals surface area contributed by atoms with Gasteiger partial charge in [0.1, 0.15) is 0 Å². The van der Waals surface area contributed by atoms with Crippen LogP contribution >= 0.6 is 0 Å². The molecule has 3 nitrogen and oxygen atoms in total. The molecule has 0 aliphatic carbocycles. The van der Waals surface area contributed by atoms with E-state index in [9.17, 15) is 4.79 Å². The Kier molecular flexibility index (Phi) is 6.73. The summed E-state index contributed by atoms with van der Waals surface area (Å²) >= 11 is 0. The van der Waals surface area contributed by atoms with Gasteiger partial charge in [0, 0.05) is 6.54 Å². The SMILES string of the molecule is CN(CCCCC(C)(C)C(=O)O)CCc1ccccc1. The molecule has 0 fully saturated rings. The van der Waals surface area contributed by atoms with Gasteiger partial charge in [-0.1, -0.05) is 36.8 Å². The molecule has 0 radical (unpaired) electrons. The maximum Gasteiger partial charge on any atom is 0.309 e. The zero-order valence-corrected chi connectivity index (χ0v) is 12.9. The van der Waals surface area contributed by atoms with Crippen molar-refractivity contribution in [1.82, 2.24) is 4.90 Å². The molecule has 20 heavy (non-hydrogen) atoms. The molecule has 0 heterocycles. The van der Waals surface area contributed by atoms with Gasteiger partial charge in [-0.2, -0.15) is 0 Å². The van der Waals surface area contributed by atoms with Crippen molar-refractivity contribution in [1.29, 1.82) is 0 Å². The van der Waals surface area contributed by atoms with Crippen molar-refractivity contribution in [3.05, 3.63) is 35.9 Å². The van der Waals surface area contributed by atoms with Gasteiger partial charge < -0.3 is 10.0 Å². The number of likely N-dealkylation sites (N-methyl/N-ethyl adjacent to an activating group) is 1. The molecule has 1 rings (SSSR count). The molecule has 0 spiro atoms. The summed E-state index contributed by atoms with van der Waals surface area (Å²) in [7, 11) is 2.13. The van der Waals surface area contributed by atoms with Crippen molar-refractivity contribution in [2.75, 3.05) is 20.1 Å². The Morgan fingerprint density at radius 1 is 1.15 bits per heavy atom. The van der Waals surface area contributed by atoms with Crippen molar-refractivity contribution >= 4 is 5.97 Å². The van der Waals surface area contributed by atoms with Crippen molar-refractivity contribution in [2.24, 2.45) is 5.41 Å². The van der Waals surface area contributed by atoms with E-state index in [-0.39, 0.29) is 0 Å². The number of unbranched alkanes of at least 4 members (excludes halogenated alkanes) is 1. The molecular formula is C17H27NO2. The van der Waals surface area contributed by atoms with E-state index in [1.54, 1.807) is 13.8 Å². The fourth-order valence-electron chi connectivity index (χ4n) is 2.13. The Labute approximate surface area is 122 Å². The van der Waals surface area contributed by atoms with Gasteiger partial charge in [0.15, 0.2) is 0 Å². The number of nitrogens with zero attached hydrogens (tertiary/aromatic N) is 1. The minimum Gasteiger partial charge on any atom is -0.481 e. The van der Waals surface area contributed by atoms with Crippen LogP contribution in [0.25, 0.3) is 0 Å². The lowest BCUT2D eigenvalue weighted by molar-refractivity contribution is -0.147. The fraction of sp³-hybridized carbons (Fsp3) is 0.588. The van der Waals surface area contributed by atoms with Crippen molar-refractivity contribution < 1.29 is 9.90 Å². The van der Waals surface area contributed by atoms with Crippen LogP contribution in [0.5, 0.6) is 0 Å². The van der Waals surface area contributed by atoms with Gasteiger partial charge in [-0.05, 0) is 52.3 Å². The number of rotatable bonds is 9. The Bertz CT molecular complexity index is 401. The van der Waals surface area contributed by atoms with Crippen molar-refractivity contribution in [3.8, 4) is 0 Å². The van der Waals surface area contributed by atoms with Gasteiger partial charge in [-0.25, -0.2) is 0 Å². The van der Waals surface area contributed by atoms with E-state index in [2.05, 4.69) is 36.2 Å². The largest absolute Gasteiger partial charge is 0.481 e. The summed E-state index contributed by atoms with van der Waals surface area (Å²) in [6.07, 6.45) is 3.84. The molecule has 0 saturated heterocycles. The number of carboxylic acids is 1. The molecule has 1 aromatic rings. The van der Waals surface area contributed by atoms with Crippen LogP contribution in [0, 0.1) is 5.41 Å². The molecule has 1 aromatic carbocycles. The first-order valence-electron chi connectivity index (χ1n) is 7.38. The number of hydrogen-bond donors (Lipinski definition) is 1. The lowest BCUT2D eigenvalue weighted by Gasteiger charge is -2.20. The molecule has 0 amide bonds. The Balaban J connectivity index is 2.15. The average Bonchev–Trinajstić information content (AvgIpc) is 2.42. The number of hydrogen-bond acceptors (Lipinski definition) is 2. The highest BCUT2D eigenvalue weighted by Crippen LogP contribution is 2.23. The van der Waals surface area contributed by atoms with Crippen LogP contribution < -0.4 is 0 Å². The van der Waals surface area contributed by atoms with E-state index >= 15 is 0 Å². The average molecular weight is 277 g/mol. The van der Waals surface area contributed by atoms with Crippen molar-refractivity contribution in [2.45, 2.75) is 39.5 Å². The maximum atomic E-state index is 11.0. The summed E-state index contributed by atoms with van der Waals surface area (Å²) in [5.41, 5.74) is 0.772. The second-order valence-corrected chi connectivity index (χ2v) is 6.19. The second-order valence-electron chi connectivity index (χ2n) is 6.19. The molecule has 112 valence electrons. The zero-order chi connectivity index (χ0) is 15.0. The van der Waals surface area contributed by atoms with Crippen LogP contribution in [0.15, 0.2) is 30.3 Å². The molecular weight excluding hydrogens is 250 g/mol. The van der Waals surface area contributed by atoms with Crippen LogP contribution in [0.4, 0.5) is 0 Å². The summed E-state index contributed by atoms with van der Waals surface area (Å²) in [5.74, 6) is -0.699. The Morgan fingerprint density at radius 2 is 1.80 bits per heavy atom. The molecule has 0 aliphatic heterocycles. The van der Waals surface area contributed by atoms with Crippen molar-refractivity contribution in [3.63, 3.8) is 0 Å². The summed E-state index contributed by atoms with van der Waals surface area (Å²) in [6, 6.07) is 10.5. The van der Waals surface area contributed by atoms with Gasteiger partial charge >= 0.3 is 5.97 Å². The third kappa shape index (κ3) is 6.20. The smallest absolute Gasteiger partial charge is 0.309 e. The van der Waals surface area contributed by atoms with E-state index in [0.29, 0.717) is 0 Å². The van der Waals surface area contributed by atoms with E-state index in [1.165, 1.54) is 5.56 Å². The van der Waals surface area contributed by atoms with E-state index < -0.39 is 11.4 Å². The zero-order valence-electron chi connectivity index (χ0n) is 12.9. The highest BCUT2D eigenvalue weighted by Gasteiger charge is 2.25. The topological polar surface area (TPSA) is 40.5 Å². The fourth-order valence-corrected chi connectivity index (χ4v) is 2.13. The molecule has 0 unspecified atom stereocenters. The highest BCUT2D eigenvalue weighted by molar-refractivity contribution is 5.73. The Morgan fingerprint density at radius 3 is 2.40 bits per heavy atom. The normalized spacial score (nSPS) is 11.8. The predicted molar refractivity (Wildman–Crippen MR) is 82.9 cm³/mol. The van der Waals surface area contributed by atoms with E-state index in [4.69, 9.17) is 5.11 Å². The molecule has 1 N–H and O–H groups in total. The highest BCUT2D eigenvalue weighted by atomic mass is 16.4. The Hall–Kier alpha value is -1.35. The lowest BCUT2D eigenvalue weighted by Crippen LogP contribution is -2.25. The third-order valence-electron chi connectivity index (χ3n) is 3.80. The molecule has 0 saturated carbocycles. The number of carboxylic acid groups (broad SMARTS) is 1. The second kappa shape index (κ2) is 8.05. The van der Waals surface area contributed by atoms with Gasteiger partial charge in [-0.15, -0.1) is 0 Å². The van der Waals surface area contributed by atoms with E-state index in [1.807, 2.05) is 6.07 Å². The molecule has 0 bridgehead atoms. The first-order chi connectivity index (χ1) is 9.42. The number of carbonyl (C=O) groups is 1. The monoisotopic (exact) mass is 277 g/mol. The first-order valence-corrected chi connectivity index (χ1v) is 7.38. The summed E-state index contributed by atoms with van der Waals surface area (Å²) in [6.45, 7) is 5.68. The van der Waals surface area contributed by atoms with Crippen LogP contribution in [0.3, 0.4) is 0 Å². The van der Waals surface area contributed by atoms with Gasteiger partial charge in [-0.3, -0.25) is 4.79 Å². The summed E-state index contributed by atoms with van der Waals surface area (Å²) in [4.78, 5) is 13.3. The van der Waals surface area contributed by atoms with Crippen LogP contribution in [0.2, 0.25) is 0 Å². The molecule has 0 aliphatic rings. The molecule has 0 atom stereocenters. The quantitative estimate of drug-likeness (QED) is 0.703. The number of aliphatic carboxylic acids is 1. The molecule has 3 heteroatoms. The minimum atomic E-state index is -0.699. The van der Waals surface area contributed by atoms with Crippen LogP contribution in [-0.2, 0) is 11.2 Å². The third-order valence-corrected chi connectivity index (χ3v) is 3.80. The van der Waals surface area contributed by atoms with E-state index in [0.717, 1.165) is 38.8 Å². The standard InChI is InChI=1S/C17H27NO2/c1-17(2,16(19)20)12-7-8-13-18(3)14-11-15-9-5-4-6-10-15/h4-6,9-10H,7-8,11-14H2,1-3H3,(H,19,20). The number of benzene rings is 1. The van der Waals surface area contributed by atoms with Gasteiger partial charge in [0.05, 0.1) is 5.41 Å². The van der Waals surface area contributed by atoms with Gasteiger partial charge in [0.25, 0.3) is 0 Å². The predicted octanol–water partition coefficient (Wildman–Crippen LogP) is 3.44. The lowest BCUT2D eigenvalue weighted by atomic mass is 9.87.